The molecule has 122 valence electrons. The van der Waals surface area contributed by atoms with Crippen molar-refractivity contribution in [3.8, 4) is 0 Å². The zero-order valence-electron chi connectivity index (χ0n) is 13.6. The highest BCUT2D eigenvalue weighted by Crippen LogP contribution is 2.24. The fourth-order valence-electron chi connectivity index (χ4n) is 2.97. The quantitative estimate of drug-likeness (QED) is 0.880. The molecule has 6 heteroatoms. The molecule has 1 unspecified atom stereocenters. The van der Waals surface area contributed by atoms with E-state index in [1.165, 1.54) is 0 Å². The van der Waals surface area contributed by atoms with Gasteiger partial charge in [0.05, 0.1) is 13.2 Å². The Kier molecular flexibility index (Phi) is 3.64. The number of nitrogens with two attached hydrogens (primary N) is 1. The van der Waals surface area contributed by atoms with Crippen molar-refractivity contribution >= 4 is 22.7 Å². The number of carbonyl (C=O) groups is 2. The summed E-state index contributed by atoms with van der Waals surface area (Å²) in [5.74, 6) is -0.663. The molecule has 0 aliphatic carbocycles. The minimum Gasteiger partial charge on any atom is -0.367 e. The Morgan fingerprint density at radius 3 is 2.78 bits per heavy atom. The number of benzene rings is 1. The average Bonchev–Trinajstić information content (AvgIpc) is 2.81. The molecule has 1 aromatic carbocycles. The van der Waals surface area contributed by atoms with Gasteiger partial charge in [0.2, 0.25) is 0 Å². The number of H-pyrrole nitrogens is 1. The summed E-state index contributed by atoms with van der Waals surface area (Å²) in [4.78, 5) is 29.3. The first-order chi connectivity index (χ1) is 10.8. The standard InChI is InChI=1S/C17H21N3O3/c1-10-11(2)19-14-5-4-12(8-13(10)14)15(21)20-6-7-23-17(3,9-20)16(18)22/h4-5,8,19H,6-7,9H2,1-3H3,(H2,18,22). The van der Waals surface area contributed by atoms with E-state index in [0.717, 1.165) is 22.2 Å². The summed E-state index contributed by atoms with van der Waals surface area (Å²) < 4.78 is 5.46. The molecule has 0 spiro atoms. The molecule has 3 rings (SSSR count). The van der Waals surface area contributed by atoms with Crippen LogP contribution < -0.4 is 5.73 Å². The van der Waals surface area contributed by atoms with E-state index in [1.54, 1.807) is 17.9 Å². The molecule has 3 N–H and O–H groups in total. The van der Waals surface area contributed by atoms with E-state index >= 15 is 0 Å². The summed E-state index contributed by atoms with van der Waals surface area (Å²) in [5.41, 5.74) is 8.12. The molecule has 1 aromatic heterocycles. The summed E-state index contributed by atoms with van der Waals surface area (Å²) in [6.45, 7) is 6.58. The summed E-state index contributed by atoms with van der Waals surface area (Å²) >= 11 is 0. The Morgan fingerprint density at radius 2 is 2.09 bits per heavy atom. The highest BCUT2D eigenvalue weighted by molar-refractivity contribution is 5.99. The second kappa shape index (κ2) is 5.38. The molecular weight excluding hydrogens is 294 g/mol. The van der Waals surface area contributed by atoms with Crippen molar-refractivity contribution in [2.75, 3.05) is 19.7 Å². The molecule has 2 heterocycles. The molecule has 1 saturated heterocycles. The van der Waals surface area contributed by atoms with Crippen LogP contribution in [0.2, 0.25) is 0 Å². The number of morpholine rings is 1. The lowest BCUT2D eigenvalue weighted by Crippen LogP contribution is -2.58. The van der Waals surface area contributed by atoms with Crippen molar-refractivity contribution in [2.24, 2.45) is 5.73 Å². The van der Waals surface area contributed by atoms with Crippen molar-refractivity contribution in [2.45, 2.75) is 26.4 Å². The first-order valence-corrected chi connectivity index (χ1v) is 7.64. The van der Waals surface area contributed by atoms with Gasteiger partial charge in [-0.3, -0.25) is 9.59 Å². The normalized spacial score (nSPS) is 21.6. The van der Waals surface area contributed by atoms with E-state index in [1.807, 2.05) is 26.0 Å². The largest absolute Gasteiger partial charge is 0.367 e. The number of aromatic amines is 1. The van der Waals surface area contributed by atoms with Crippen LogP contribution in [0.25, 0.3) is 10.9 Å². The van der Waals surface area contributed by atoms with Gasteiger partial charge in [0.1, 0.15) is 0 Å². The van der Waals surface area contributed by atoms with Gasteiger partial charge in [-0.2, -0.15) is 0 Å². The third-order valence-corrected chi connectivity index (χ3v) is 4.64. The Morgan fingerprint density at radius 1 is 1.35 bits per heavy atom. The summed E-state index contributed by atoms with van der Waals surface area (Å²) in [6.07, 6.45) is 0. The lowest BCUT2D eigenvalue weighted by Gasteiger charge is -2.38. The maximum absolute atomic E-state index is 12.8. The fraction of sp³-hybridized carbons (Fsp3) is 0.412. The van der Waals surface area contributed by atoms with Crippen LogP contribution in [-0.4, -0.2) is 47.0 Å². The van der Waals surface area contributed by atoms with Crippen molar-refractivity contribution in [1.29, 1.82) is 0 Å². The first-order valence-electron chi connectivity index (χ1n) is 7.64. The van der Waals surface area contributed by atoms with Gasteiger partial charge in [-0.1, -0.05) is 0 Å². The van der Waals surface area contributed by atoms with Crippen molar-refractivity contribution < 1.29 is 14.3 Å². The van der Waals surface area contributed by atoms with Gasteiger partial charge < -0.3 is 20.4 Å². The monoisotopic (exact) mass is 315 g/mol. The zero-order chi connectivity index (χ0) is 16.8. The summed E-state index contributed by atoms with van der Waals surface area (Å²) in [7, 11) is 0. The minimum atomic E-state index is -1.13. The molecule has 2 aromatic rings. The second-order valence-corrected chi connectivity index (χ2v) is 6.31. The Hall–Kier alpha value is -2.34. The molecule has 0 saturated carbocycles. The van der Waals surface area contributed by atoms with Crippen LogP contribution in [0, 0.1) is 13.8 Å². The van der Waals surface area contributed by atoms with Gasteiger partial charge in [0.25, 0.3) is 11.8 Å². The topological polar surface area (TPSA) is 88.4 Å². The zero-order valence-corrected chi connectivity index (χ0v) is 13.6. The first kappa shape index (κ1) is 15.6. The van der Waals surface area contributed by atoms with Crippen LogP contribution >= 0.6 is 0 Å². The van der Waals surface area contributed by atoms with Gasteiger partial charge in [-0.25, -0.2) is 0 Å². The van der Waals surface area contributed by atoms with Crippen molar-refractivity contribution in [1.82, 2.24) is 9.88 Å². The third-order valence-electron chi connectivity index (χ3n) is 4.64. The van der Waals surface area contributed by atoms with Crippen LogP contribution in [0.1, 0.15) is 28.5 Å². The maximum Gasteiger partial charge on any atom is 0.254 e. The maximum atomic E-state index is 12.8. The van der Waals surface area contributed by atoms with E-state index in [2.05, 4.69) is 4.98 Å². The molecule has 2 amide bonds. The van der Waals surface area contributed by atoms with Crippen LogP contribution in [0.4, 0.5) is 0 Å². The molecule has 1 atom stereocenters. The molecule has 6 nitrogen and oxygen atoms in total. The summed E-state index contributed by atoms with van der Waals surface area (Å²) in [5, 5.41) is 1.04. The fourth-order valence-corrected chi connectivity index (χ4v) is 2.97. The number of rotatable bonds is 2. The number of fused-ring (bicyclic) bond motifs is 1. The van der Waals surface area contributed by atoms with Crippen LogP contribution in [0.3, 0.4) is 0 Å². The van der Waals surface area contributed by atoms with E-state index in [4.69, 9.17) is 10.5 Å². The van der Waals surface area contributed by atoms with Gasteiger partial charge in [-0.05, 0) is 44.5 Å². The van der Waals surface area contributed by atoms with Gasteiger partial charge in [0.15, 0.2) is 5.60 Å². The number of ether oxygens (including phenoxy) is 1. The van der Waals surface area contributed by atoms with Crippen LogP contribution in [-0.2, 0) is 9.53 Å². The number of hydrogen-bond acceptors (Lipinski definition) is 3. The third kappa shape index (κ3) is 2.59. The van der Waals surface area contributed by atoms with E-state index in [9.17, 15) is 9.59 Å². The molecule has 0 radical (unpaired) electrons. The molecule has 23 heavy (non-hydrogen) atoms. The SMILES string of the molecule is Cc1[nH]c2ccc(C(=O)N3CCOC(C)(C(N)=O)C3)cc2c1C. The molecule has 1 aliphatic heterocycles. The average molecular weight is 315 g/mol. The Labute approximate surface area is 134 Å². The Balaban J connectivity index is 1.91. The van der Waals surface area contributed by atoms with Crippen LogP contribution in [0.5, 0.6) is 0 Å². The smallest absolute Gasteiger partial charge is 0.254 e. The van der Waals surface area contributed by atoms with Crippen molar-refractivity contribution in [3.63, 3.8) is 0 Å². The van der Waals surface area contributed by atoms with E-state index in [0.29, 0.717) is 18.7 Å². The predicted molar refractivity (Wildman–Crippen MR) is 87.2 cm³/mol. The lowest BCUT2D eigenvalue weighted by atomic mass is 10.0. The van der Waals surface area contributed by atoms with E-state index in [-0.39, 0.29) is 12.5 Å². The van der Waals surface area contributed by atoms with E-state index < -0.39 is 11.5 Å². The number of hydrogen-bond donors (Lipinski definition) is 2. The molecule has 1 fully saturated rings. The van der Waals surface area contributed by atoms with Gasteiger partial charge in [-0.15, -0.1) is 0 Å². The van der Waals surface area contributed by atoms with Crippen molar-refractivity contribution in [3.05, 3.63) is 35.0 Å². The number of amides is 2. The highest BCUT2D eigenvalue weighted by atomic mass is 16.5. The number of primary amides is 1. The number of nitrogens with zero attached hydrogens (tertiary/aromatic N) is 1. The molecule has 1 aliphatic rings. The Bertz CT molecular complexity index is 796. The molecular formula is C17H21N3O3. The second-order valence-electron chi connectivity index (χ2n) is 6.31. The lowest BCUT2D eigenvalue weighted by molar-refractivity contribution is -0.150. The number of nitrogens with one attached hydrogen (secondary N) is 1. The predicted octanol–water partition coefficient (Wildman–Crippen LogP) is 1.50. The summed E-state index contributed by atoms with van der Waals surface area (Å²) in [6, 6.07) is 5.61. The minimum absolute atomic E-state index is 0.110. The number of aryl methyl sites for hydroxylation is 2. The van der Waals surface area contributed by atoms with Gasteiger partial charge >= 0.3 is 0 Å². The van der Waals surface area contributed by atoms with Crippen LogP contribution in [0.15, 0.2) is 18.2 Å². The molecule has 0 bridgehead atoms. The number of aromatic nitrogens is 1. The number of carbonyl (C=O) groups excluding carboxylic acids is 2. The van der Waals surface area contributed by atoms with Gasteiger partial charge in [0, 0.05) is 28.7 Å². The highest BCUT2D eigenvalue weighted by Gasteiger charge is 2.39.